The van der Waals surface area contributed by atoms with E-state index in [0.717, 1.165) is 67.1 Å². The van der Waals surface area contributed by atoms with Crippen molar-refractivity contribution in [3.8, 4) is 0 Å². The molecule has 2 fully saturated rings. The fourth-order valence-corrected chi connectivity index (χ4v) is 5.52. The van der Waals surface area contributed by atoms with Gasteiger partial charge in [0, 0.05) is 29.9 Å². The molecule has 6 rings (SSSR count). The number of aromatic nitrogens is 1. The minimum Gasteiger partial charge on any atom is -0.377 e. The van der Waals surface area contributed by atoms with Gasteiger partial charge in [0.05, 0.1) is 25.3 Å². The Morgan fingerprint density at radius 3 is 2.89 bits per heavy atom. The number of hydrogen-bond acceptors (Lipinski definition) is 4. The van der Waals surface area contributed by atoms with E-state index in [1.165, 1.54) is 17.3 Å². The Kier molecular flexibility index (Phi) is 5.52. The lowest BCUT2D eigenvalue weighted by Crippen LogP contribution is -2.48. The van der Waals surface area contributed by atoms with Crippen LogP contribution < -0.4 is 10.2 Å². The second-order valence-electron chi connectivity index (χ2n) is 9.81. The molecule has 186 valence electrons. The molecule has 2 aliphatic carbocycles. The third kappa shape index (κ3) is 4.13. The molecule has 2 aliphatic heterocycles. The number of halogens is 3. The van der Waals surface area contributed by atoms with E-state index in [4.69, 9.17) is 4.74 Å². The third-order valence-corrected chi connectivity index (χ3v) is 7.57. The number of anilines is 1. The van der Waals surface area contributed by atoms with Crippen molar-refractivity contribution in [3.63, 3.8) is 0 Å². The smallest absolute Gasteiger partial charge is 0.377 e. The van der Waals surface area contributed by atoms with Gasteiger partial charge in [-0.1, -0.05) is 30.4 Å². The zero-order valence-corrected chi connectivity index (χ0v) is 19.8. The van der Waals surface area contributed by atoms with Crippen molar-refractivity contribution in [2.24, 2.45) is 5.92 Å². The third-order valence-electron chi connectivity index (χ3n) is 7.57. The highest BCUT2D eigenvalue weighted by molar-refractivity contribution is 5.95. The van der Waals surface area contributed by atoms with Gasteiger partial charge in [0.1, 0.15) is 5.69 Å². The Labute approximate surface area is 207 Å². The molecule has 0 spiro atoms. The lowest BCUT2D eigenvalue weighted by molar-refractivity contribution is -0.141. The molecule has 0 radical (unpaired) electrons. The van der Waals surface area contributed by atoms with Crippen LogP contribution in [-0.2, 0) is 17.3 Å². The van der Waals surface area contributed by atoms with Crippen LogP contribution in [-0.4, -0.2) is 42.7 Å². The molecule has 0 bridgehead atoms. The maximum absolute atomic E-state index is 13.0. The molecular weight excluding hydrogens is 467 g/mol. The van der Waals surface area contributed by atoms with Gasteiger partial charge < -0.3 is 15.0 Å². The number of fused-ring (bicyclic) bond motifs is 4. The van der Waals surface area contributed by atoms with Gasteiger partial charge >= 0.3 is 6.18 Å². The highest BCUT2D eigenvalue weighted by Gasteiger charge is 2.44. The summed E-state index contributed by atoms with van der Waals surface area (Å²) in [5, 5.41) is 2.89. The summed E-state index contributed by atoms with van der Waals surface area (Å²) < 4.78 is 44.7. The Hall–Kier alpha value is -3.39. The van der Waals surface area contributed by atoms with Crippen LogP contribution in [0.3, 0.4) is 0 Å². The number of amides is 1. The number of hydrogen-bond donors (Lipinski definition) is 1. The number of nitrogens with one attached hydrogen (secondary N) is 1. The van der Waals surface area contributed by atoms with E-state index < -0.39 is 17.8 Å². The van der Waals surface area contributed by atoms with E-state index >= 15 is 0 Å². The number of morpholine rings is 1. The van der Waals surface area contributed by atoms with Crippen molar-refractivity contribution in [2.45, 2.75) is 38.0 Å². The summed E-state index contributed by atoms with van der Waals surface area (Å²) in [6, 6.07) is 8.93. The number of carbonyl (C=O) groups excluding carboxylic acids is 1. The van der Waals surface area contributed by atoms with Crippen LogP contribution in [0, 0.1) is 5.92 Å². The predicted molar refractivity (Wildman–Crippen MR) is 131 cm³/mol. The Bertz CT molecular complexity index is 1330. The number of pyridine rings is 1. The topological polar surface area (TPSA) is 54.5 Å². The van der Waals surface area contributed by atoms with Crippen LogP contribution in [0.5, 0.6) is 0 Å². The molecule has 3 atom stereocenters. The number of allylic oxidation sites excluding steroid dienone is 4. The zero-order valence-electron chi connectivity index (χ0n) is 19.8. The number of benzene rings is 1. The van der Waals surface area contributed by atoms with E-state index in [-0.39, 0.29) is 17.5 Å². The molecule has 4 aliphatic rings. The maximum Gasteiger partial charge on any atom is 0.433 e. The van der Waals surface area contributed by atoms with Crippen LogP contribution in [0.15, 0.2) is 65.9 Å². The van der Waals surface area contributed by atoms with Crippen molar-refractivity contribution >= 4 is 17.2 Å². The van der Waals surface area contributed by atoms with Gasteiger partial charge in [-0.25, -0.2) is 0 Å². The van der Waals surface area contributed by atoms with E-state index in [1.54, 1.807) is 0 Å². The van der Waals surface area contributed by atoms with Gasteiger partial charge in [0.15, 0.2) is 0 Å². The predicted octanol–water partition coefficient (Wildman–Crippen LogP) is 4.95. The van der Waals surface area contributed by atoms with Crippen molar-refractivity contribution < 1.29 is 22.7 Å². The molecule has 2 unspecified atom stereocenters. The lowest BCUT2D eigenvalue weighted by Gasteiger charge is -2.42. The number of aryl methyl sites for hydroxylation is 1. The standard InChI is InChI=1S/C28H26F3N3O2/c1-16-2-7-21-23(26(21)33-27(35)19-8-9-32-25(13-19)28(29,30)31)14-22(16)18-4-3-17-5-6-20-15-36-11-10-34(20)24(17)12-18/h2-4,7-9,12-14,20,23,26H,5-6,10-11,15H2,1H3,(H,33,35)/t20?,23?,26-/m1/s1. The van der Waals surface area contributed by atoms with Gasteiger partial charge in [0.2, 0.25) is 0 Å². The van der Waals surface area contributed by atoms with Crippen molar-refractivity contribution in [1.82, 2.24) is 10.3 Å². The Balaban J connectivity index is 1.24. The second kappa shape index (κ2) is 8.62. The van der Waals surface area contributed by atoms with Gasteiger partial charge in [-0.2, -0.15) is 13.2 Å². The molecule has 1 amide bonds. The molecule has 1 aromatic heterocycles. The lowest BCUT2D eigenvalue weighted by atomic mass is 9.90. The average Bonchev–Trinajstić information content (AvgIpc) is 3.57. The molecule has 3 heterocycles. The number of carbonyl (C=O) groups is 1. The molecule has 1 saturated heterocycles. The Morgan fingerprint density at radius 2 is 2.06 bits per heavy atom. The summed E-state index contributed by atoms with van der Waals surface area (Å²) in [6.07, 6.45) is 4.80. The first kappa shape index (κ1) is 23.0. The molecule has 36 heavy (non-hydrogen) atoms. The minimum absolute atomic E-state index is 0.00809. The summed E-state index contributed by atoms with van der Waals surface area (Å²) in [6.45, 7) is 4.47. The fraction of sp³-hybridized carbons (Fsp3) is 0.357. The molecule has 5 nitrogen and oxygen atoms in total. The van der Waals surface area contributed by atoms with Crippen LogP contribution in [0.1, 0.15) is 40.5 Å². The Morgan fingerprint density at radius 1 is 1.19 bits per heavy atom. The molecule has 2 aromatic rings. The monoisotopic (exact) mass is 493 g/mol. The molecule has 1 aromatic carbocycles. The zero-order chi connectivity index (χ0) is 25.0. The largest absolute Gasteiger partial charge is 0.433 e. The van der Waals surface area contributed by atoms with Crippen LogP contribution >= 0.6 is 0 Å². The highest BCUT2D eigenvalue weighted by Crippen LogP contribution is 2.45. The number of ether oxygens (including phenoxy) is 1. The fourth-order valence-electron chi connectivity index (χ4n) is 5.52. The summed E-state index contributed by atoms with van der Waals surface area (Å²) in [5.41, 5.74) is 5.94. The molecular formula is C28H26F3N3O2. The van der Waals surface area contributed by atoms with Crippen molar-refractivity contribution in [2.75, 3.05) is 24.7 Å². The number of nitrogens with zero attached hydrogens (tertiary/aromatic N) is 2. The van der Waals surface area contributed by atoms with E-state index in [2.05, 4.69) is 52.5 Å². The van der Waals surface area contributed by atoms with E-state index in [1.807, 2.05) is 6.08 Å². The van der Waals surface area contributed by atoms with E-state index in [0.29, 0.717) is 6.04 Å². The van der Waals surface area contributed by atoms with Crippen LogP contribution in [0.4, 0.5) is 18.9 Å². The van der Waals surface area contributed by atoms with Gasteiger partial charge in [-0.15, -0.1) is 0 Å². The first-order chi connectivity index (χ1) is 17.3. The van der Waals surface area contributed by atoms with Gasteiger partial charge in [0.25, 0.3) is 5.91 Å². The van der Waals surface area contributed by atoms with E-state index in [9.17, 15) is 18.0 Å². The normalized spacial score (nSPS) is 24.8. The van der Waals surface area contributed by atoms with Crippen LogP contribution in [0.25, 0.3) is 5.57 Å². The van der Waals surface area contributed by atoms with Crippen LogP contribution in [0.2, 0.25) is 0 Å². The van der Waals surface area contributed by atoms with Crippen molar-refractivity contribution in [1.29, 1.82) is 0 Å². The minimum atomic E-state index is -4.60. The highest BCUT2D eigenvalue weighted by atomic mass is 19.4. The quantitative estimate of drug-likeness (QED) is 0.658. The first-order valence-electron chi connectivity index (χ1n) is 12.2. The maximum atomic E-state index is 13.0. The van der Waals surface area contributed by atoms with Gasteiger partial charge in [-0.05, 0) is 65.8 Å². The molecule has 1 saturated carbocycles. The SMILES string of the molecule is CC1=CC=C2C(C=C1c1ccc3c(c1)N1CCOCC1CC3)[C@@H]2NC(=O)c1ccnc(C(F)(F)F)c1. The summed E-state index contributed by atoms with van der Waals surface area (Å²) in [7, 11) is 0. The summed E-state index contributed by atoms with van der Waals surface area (Å²) in [4.78, 5) is 18.5. The second-order valence-corrected chi connectivity index (χ2v) is 9.81. The molecule has 8 heteroatoms. The number of rotatable bonds is 3. The van der Waals surface area contributed by atoms with Gasteiger partial charge in [-0.3, -0.25) is 9.78 Å². The first-order valence-corrected chi connectivity index (χ1v) is 12.2. The van der Waals surface area contributed by atoms with Crippen molar-refractivity contribution in [3.05, 3.63) is 88.3 Å². The summed E-state index contributed by atoms with van der Waals surface area (Å²) in [5.74, 6) is -0.529. The molecule has 1 N–H and O–H groups in total. The summed E-state index contributed by atoms with van der Waals surface area (Å²) >= 11 is 0. The average molecular weight is 494 g/mol. The number of alkyl halides is 3.